The lowest BCUT2D eigenvalue weighted by Gasteiger charge is -2.39. The largest absolute Gasteiger partial charge is 0.433 e. The third-order valence-electron chi connectivity index (χ3n) is 6.95. The van der Waals surface area contributed by atoms with Crippen LogP contribution < -0.4 is 4.90 Å². The first kappa shape index (κ1) is 24.5. The number of pyridine rings is 1. The molecule has 0 N–H and O–H groups in total. The minimum Gasteiger partial charge on any atom is -0.354 e. The molecule has 0 radical (unpaired) electrons. The molecule has 5 rings (SSSR count). The highest BCUT2D eigenvalue weighted by molar-refractivity contribution is 5.40. The summed E-state index contributed by atoms with van der Waals surface area (Å²) in [4.78, 5) is 12.2. The second-order valence-corrected chi connectivity index (χ2v) is 9.16. The lowest BCUT2D eigenvalue weighted by atomic mass is 9.64. The van der Waals surface area contributed by atoms with E-state index in [9.17, 15) is 26.3 Å². The average Bonchev–Trinajstić information content (AvgIpc) is 3.26. The second kappa shape index (κ2) is 9.06. The van der Waals surface area contributed by atoms with Crippen LogP contribution in [-0.4, -0.2) is 46.2 Å². The van der Waals surface area contributed by atoms with Gasteiger partial charge in [0.25, 0.3) is 0 Å². The molecule has 1 aromatic carbocycles. The molecule has 0 bridgehead atoms. The molecule has 6 nitrogen and oxygen atoms in total. The van der Waals surface area contributed by atoms with E-state index in [1.807, 2.05) is 0 Å². The number of aromatic nitrogens is 3. The smallest absolute Gasteiger partial charge is 0.354 e. The number of rotatable bonds is 5. The van der Waals surface area contributed by atoms with Gasteiger partial charge in [-0.15, -0.1) is 0 Å². The number of hydrogen-bond acceptors (Lipinski definition) is 6. The molecule has 12 heteroatoms. The van der Waals surface area contributed by atoms with Gasteiger partial charge in [-0.25, -0.2) is 4.98 Å². The monoisotopic (exact) mass is 511 g/mol. The zero-order valence-corrected chi connectivity index (χ0v) is 19.1. The summed E-state index contributed by atoms with van der Waals surface area (Å²) in [5.41, 5.74) is -1.44. The third kappa shape index (κ3) is 4.78. The van der Waals surface area contributed by atoms with Crippen LogP contribution in [0, 0.1) is 0 Å². The van der Waals surface area contributed by atoms with Gasteiger partial charge in [0.05, 0.1) is 17.5 Å². The molecule has 1 aliphatic heterocycles. The Morgan fingerprint density at radius 2 is 1.53 bits per heavy atom. The number of alkyl halides is 6. The van der Waals surface area contributed by atoms with Crippen LogP contribution in [0.15, 0.2) is 47.0 Å². The van der Waals surface area contributed by atoms with Gasteiger partial charge in [0, 0.05) is 26.2 Å². The van der Waals surface area contributed by atoms with Gasteiger partial charge >= 0.3 is 12.4 Å². The minimum absolute atomic E-state index is 0.285. The fourth-order valence-corrected chi connectivity index (χ4v) is 4.75. The van der Waals surface area contributed by atoms with Crippen molar-refractivity contribution in [3.05, 3.63) is 71.0 Å². The van der Waals surface area contributed by atoms with Gasteiger partial charge < -0.3 is 9.42 Å². The summed E-state index contributed by atoms with van der Waals surface area (Å²) in [5.74, 6) is 1.15. The van der Waals surface area contributed by atoms with Crippen molar-refractivity contribution < 1.29 is 30.9 Å². The first-order valence-corrected chi connectivity index (χ1v) is 11.6. The van der Waals surface area contributed by atoms with Crippen molar-refractivity contribution in [1.29, 1.82) is 0 Å². The Kier molecular flexibility index (Phi) is 6.17. The lowest BCUT2D eigenvalue weighted by molar-refractivity contribution is -0.141. The van der Waals surface area contributed by atoms with Crippen molar-refractivity contribution >= 4 is 5.82 Å². The number of halogens is 6. The van der Waals surface area contributed by atoms with Crippen LogP contribution in [-0.2, 0) is 24.3 Å². The maximum atomic E-state index is 13.0. The Labute approximate surface area is 202 Å². The van der Waals surface area contributed by atoms with Crippen molar-refractivity contribution in [3.63, 3.8) is 0 Å². The van der Waals surface area contributed by atoms with Crippen LogP contribution in [0.4, 0.5) is 32.2 Å². The molecule has 192 valence electrons. The van der Waals surface area contributed by atoms with Crippen molar-refractivity contribution in [2.24, 2.45) is 0 Å². The maximum Gasteiger partial charge on any atom is 0.433 e. The number of hydrogen-bond donors (Lipinski definition) is 0. The predicted octanol–water partition coefficient (Wildman–Crippen LogP) is 5.29. The van der Waals surface area contributed by atoms with Crippen LogP contribution >= 0.6 is 0 Å². The molecular weight excluding hydrogens is 488 g/mol. The molecule has 2 aliphatic rings. The minimum atomic E-state index is -4.49. The summed E-state index contributed by atoms with van der Waals surface area (Å²) in [5, 5.41) is 4.16. The molecule has 1 saturated carbocycles. The summed E-state index contributed by atoms with van der Waals surface area (Å²) in [6.07, 6.45) is -6.53. The number of nitrogens with zero attached hydrogens (tertiary/aromatic N) is 5. The molecule has 1 saturated heterocycles. The van der Waals surface area contributed by atoms with E-state index in [0.29, 0.717) is 44.4 Å². The van der Waals surface area contributed by atoms with Crippen molar-refractivity contribution in [3.8, 4) is 0 Å². The zero-order valence-electron chi connectivity index (χ0n) is 19.1. The van der Waals surface area contributed by atoms with Gasteiger partial charge in [-0.1, -0.05) is 29.8 Å². The topological polar surface area (TPSA) is 58.3 Å². The van der Waals surface area contributed by atoms with Crippen LogP contribution in [0.5, 0.6) is 0 Å². The van der Waals surface area contributed by atoms with E-state index in [4.69, 9.17) is 4.52 Å². The molecule has 0 unspecified atom stereocenters. The van der Waals surface area contributed by atoms with E-state index in [1.54, 1.807) is 11.0 Å². The van der Waals surface area contributed by atoms with Gasteiger partial charge in [-0.05, 0) is 42.7 Å². The van der Waals surface area contributed by atoms with Crippen molar-refractivity contribution in [1.82, 2.24) is 20.0 Å². The van der Waals surface area contributed by atoms with Crippen LogP contribution in [0.3, 0.4) is 0 Å². The van der Waals surface area contributed by atoms with E-state index in [0.717, 1.165) is 43.0 Å². The molecule has 0 spiro atoms. The first-order valence-electron chi connectivity index (χ1n) is 11.6. The maximum absolute atomic E-state index is 13.0. The number of benzene rings is 1. The van der Waals surface area contributed by atoms with Crippen LogP contribution in [0.2, 0.25) is 0 Å². The Balaban J connectivity index is 1.23. The van der Waals surface area contributed by atoms with Crippen LogP contribution in [0.1, 0.15) is 47.8 Å². The normalized spacial score (nSPS) is 18.8. The Bertz CT molecular complexity index is 1190. The van der Waals surface area contributed by atoms with E-state index in [-0.39, 0.29) is 5.82 Å². The lowest BCUT2D eigenvalue weighted by Crippen LogP contribution is -2.46. The van der Waals surface area contributed by atoms with Gasteiger partial charge in [0.2, 0.25) is 5.89 Å². The molecule has 0 atom stereocenters. The standard InChI is InChI=1S/C24H23F6N5O/c25-23(26,27)17-7-5-16(6-8-17)22(9-2-10-22)21-32-20(36-33-21)15-34-11-13-35(14-12-34)19-4-1-3-18(31-19)24(28,29)30/h1,3-8H,2,9-15H2. The molecule has 3 aromatic rings. The van der Waals surface area contributed by atoms with Crippen molar-refractivity contribution in [2.45, 2.75) is 43.6 Å². The van der Waals surface area contributed by atoms with E-state index in [1.165, 1.54) is 18.2 Å². The van der Waals surface area contributed by atoms with Gasteiger partial charge in [0.1, 0.15) is 11.5 Å². The third-order valence-corrected chi connectivity index (χ3v) is 6.95. The van der Waals surface area contributed by atoms with Crippen molar-refractivity contribution in [2.75, 3.05) is 31.1 Å². The molecule has 36 heavy (non-hydrogen) atoms. The van der Waals surface area contributed by atoms with Gasteiger partial charge in [-0.3, -0.25) is 4.90 Å². The highest BCUT2D eigenvalue weighted by Gasteiger charge is 2.45. The average molecular weight is 511 g/mol. The SMILES string of the molecule is FC(F)(F)c1ccc(C2(c3noc(CN4CCN(c5cccc(C(F)(F)F)n5)CC4)n3)CCC2)cc1. The predicted molar refractivity (Wildman–Crippen MR) is 117 cm³/mol. The summed E-state index contributed by atoms with van der Waals surface area (Å²) in [6.45, 7) is 2.49. The zero-order chi connectivity index (χ0) is 25.6. The van der Waals surface area contributed by atoms with E-state index in [2.05, 4.69) is 20.0 Å². The second-order valence-electron chi connectivity index (χ2n) is 9.16. The summed E-state index contributed by atoms with van der Waals surface area (Å²) < 4.78 is 83.2. The first-order chi connectivity index (χ1) is 17.0. The summed E-state index contributed by atoms with van der Waals surface area (Å²) in [7, 11) is 0. The molecule has 2 aromatic heterocycles. The highest BCUT2D eigenvalue weighted by Crippen LogP contribution is 2.48. The van der Waals surface area contributed by atoms with Gasteiger partial charge in [-0.2, -0.15) is 31.3 Å². The Morgan fingerprint density at radius 3 is 2.11 bits per heavy atom. The van der Waals surface area contributed by atoms with Gasteiger partial charge in [0.15, 0.2) is 5.82 Å². The number of piperazine rings is 1. The van der Waals surface area contributed by atoms with E-state index < -0.39 is 29.0 Å². The number of anilines is 1. The molecule has 2 fully saturated rings. The summed E-state index contributed by atoms with van der Waals surface area (Å²) in [6, 6.07) is 8.99. The Morgan fingerprint density at radius 1 is 0.833 bits per heavy atom. The fourth-order valence-electron chi connectivity index (χ4n) is 4.75. The molecule has 3 heterocycles. The van der Waals surface area contributed by atoms with Crippen LogP contribution in [0.25, 0.3) is 0 Å². The molecule has 0 amide bonds. The fraction of sp³-hybridized carbons (Fsp3) is 0.458. The molecular formula is C24H23F6N5O. The highest BCUT2D eigenvalue weighted by atomic mass is 19.4. The summed E-state index contributed by atoms with van der Waals surface area (Å²) >= 11 is 0. The molecule has 1 aliphatic carbocycles. The quantitative estimate of drug-likeness (QED) is 0.434. The Hall–Kier alpha value is -3.15. The van der Waals surface area contributed by atoms with E-state index >= 15 is 0 Å².